The molecule has 19 nitrogen and oxygen atoms in total. The summed E-state index contributed by atoms with van der Waals surface area (Å²) in [6.07, 6.45) is -22.4. The minimum absolute atomic E-state index is 1.38. The van der Waals surface area contributed by atoms with Crippen LogP contribution in [0.4, 0.5) is 0 Å². The molecule has 1 fully saturated rings. The molecule has 33 heavy (non-hydrogen) atoms. The number of rotatable bonds is 11. The quantitative estimate of drug-likeness (QED) is 0.0871. The average Bonchev–Trinajstić information content (AvgIpc) is 2.76. The number of esters is 1. The molecule has 2 unspecified atom stereocenters. The highest BCUT2D eigenvalue weighted by molar-refractivity contribution is 7.47. The smallest absolute Gasteiger partial charge is 0.473 e. The SMILES string of the molecule is O=C(O)[C@H](O)[C@@H](O)[C@H](O)[C@H](O)COP(=O)(O)O[C@H]1C(=O)OC(OP(=O)(O)O)[C@@H](O)[C@@H](O)[C@@H]1O. The van der Waals surface area contributed by atoms with Crippen molar-refractivity contribution in [3.63, 3.8) is 0 Å². The summed E-state index contributed by atoms with van der Waals surface area (Å²) >= 11 is 0. The molecule has 0 spiro atoms. The van der Waals surface area contributed by atoms with Crippen LogP contribution < -0.4 is 0 Å². The molecular formula is C12H22O19P2. The van der Waals surface area contributed by atoms with Gasteiger partial charge in [-0.1, -0.05) is 0 Å². The van der Waals surface area contributed by atoms with Gasteiger partial charge in [0.25, 0.3) is 0 Å². The fourth-order valence-electron chi connectivity index (χ4n) is 2.26. The van der Waals surface area contributed by atoms with Gasteiger partial charge in [0.2, 0.25) is 6.29 Å². The first-order valence-corrected chi connectivity index (χ1v) is 11.5. The maximum absolute atomic E-state index is 12.0. The van der Waals surface area contributed by atoms with Crippen LogP contribution in [0.25, 0.3) is 0 Å². The van der Waals surface area contributed by atoms with Crippen molar-refractivity contribution < 1.29 is 92.6 Å². The second-order valence-electron chi connectivity index (χ2n) is 6.49. The third-order valence-corrected chi connectivity index (χ3v) is 5.42. The fraction of sp³-hybridized carbons (Fsp3) is 0.833. The van der Waals surface area contributed by atoms with Crippen LogP contribution in [0.2, 0.25) is 0 Å². The van der Waals surface area contributed by atoms with Crippen molar-refractivity contribution in [3.05, 3.63) is 0 Å². The van der Waals surface area contributed by atoms with Gasteiger partial charge in [-0.25, -0.2) is 23.2 Å². The van der Waals surface area contributed by atoms with E-state index in [1.54, 1.807) is 0 Å². The molecule has 194 valence electrons. The number of carbonyl (C=O) groups is 2. The Labute approximate surface area is 182 Å². The molecule has 10 atom stereocenters. The van der Waals surface area contributed by atoms with Crippen LogP contribution in [-0.4, -0.2) is 129 Å². The van der Waals surface area contributed by atoms with Crippen molar-refractivity contribution in [3.8, 4) is 0 Å². The van der Waals surface area contributed by atoms with Gasteiger partial charge in [-0.2, -0.15) is 0 Å². The molecule has 0 aromatic carbocycles. The molecule has 1 saturated heterocycles. The molecule has 1 aliphatic heterocycles. The molecule has 0 radical (unpaired) electrons. The summed E-state index contributed by atoms with van der Waals surface area (Å²) in [5.41, 5.74) is 0. The van der Waals surface area contributed by atoms with E-state index in [0.29, 0.717) is 0 Å². The van der Waals surface area contributed by atoms with Gasteiger partial charge in [0, 0.05) is 0 Å². The Hall–Kier alpha value is -1.12. The van der Waals surface area contributed by atoms with Crippen LogP contribution in [0.3, 0.4) is 0 Å². The third-order valence-electron chi connectivity index (χ3n) is 3.97. The molecule has 1 rings (SSSR count). The molecule has 0 bridgehead atoms. The Bertz CT molecular complexity index is 783. The second-order valence-corrected chi connectivity index (χ2v) is 9.09. The number of hydrogen-bond donors (Lipinski definition) is 11. The lowest BCUT2D eigenvalue weighted by Crippen LogP contribution is -2.49. The standard InChI is InChI=1S/C12H22O19P2/c13-2(3(14)4(15)7(18)10(20)21)1-28-33(26,27)30-9-6(17)5(16)8(19)12(29-11(9)22)31-32(23,24)25/h2-9,12-19H,1H2,(H,20,21)(H,26,27)(H2,23,24,25)/t2-,3-,4+,5+,6+,7-,8+,9-,12?/m1/s1. The fourth-order valence-corrected chi connectivity index (χ4v) is 3.60. The van der Waals surface area contributed by atoms with Crippen molar-refractivity contribution in [2.24, 2.45) is 0 Å². The van der Waals surface area contributed by atoms with Gasteiger partial charge in [-0.05, 0) is 0 Å². The maximum atomic E-state index is 12.0. The lowest BCUT2D eigenvalue weighted by molar-refractivity contribution is -0.189. The number of aliphatic carboxylic acids is 1. The predicted octanol–water partition coefficient (Wildman–Crippen LogP) is -5.91. The lowest BCUT2D eigenvalue weighted by atomic mass is 10.0. The summed E-state index contributed by atoms with van der Waals surface area (Å²) in [5.74, 6) is -3.84. The summed E-state index contributed by atoms with van der Waals surface area (Å²) < 4.78 is 39.7. The molecule has 1 aliphatic rings. The van der Waals surface area contributed by atoms with Gasteiger partial charge in [-0.15, -0.1) is 0 Å². The zero-order valence-electron chi connectivity index (χ0n) is 16.0. The Kier molecular flexibility index (Phi) is 10.5. The van der Waals surface area contributed by atoms with E-state index in [1.165, 1.54) is 0 Å². The van der Waals surface area contributed by atoms with E-state index in [2.05, 4.69) is 18.3 Å². The number of carboxylic acids is 1. The molecule has 1 heterocycles. The Balaban J connectivity index is 2.87. The van der Waals surface area contributed by atoms with Gasteiger partial charge in [0.05, 0.1) is 6.61 Å². The molecule has 0 aromatic heterocycles. The van der Waals surface area contributed by atoms with E-state index in [4.69, 9.17) is 20.0 Å². The molecule has 11 N–H and O–H groups in total. The lowest BCUT2D eigenvalue weighted by Gasteiger charge is -2.26. The normalized spacial score (nSPS) is 32.1. The van der Waals surface area contributed by atoms with Crippen LogP contribution >= 0.6 is 15.6 Å². The van der Waals surface area contributed by atoms with Crippen molar-refractivity contribution in [2.75, 3.05) is 6.61 Å². The molecule has 21 heteroatoms. The highest BCUT2D eigenvalue weighted by Crippen LogP contribution is 2.47. The number of aliphatic hydroxyl groups is 7. The first-order chi connectivity index (χ1) is 14.9. The summed E-state index contributed by atoms with van der Waals surface area (Å²) in [6.45, 7) is -1.38. The zero-order chi connectivity index (χ0) is 25.9. The van der Waals surface area contributed by atoms with E-state index in [1.807, 2.05) is 0 Å². The van der Waals surface area contributed by atoms with E-state index in [9.17, 15) is 54.3 Å². The van der Waals surface area contributed by atoms with E-state index < -0.39 is 89.3 Å². The second kappa shape index (κ2) is 11.5. The van der Waals surface area contributed by atoms with Gasteiger partial charge in [0.15, 0.2) is 12.2 Å². The average molecular weight is 532 g/mol. The van der Waals surface area contributed by atoms with Crippen molar-refractivity contribution in [2.45, 2.75) is 55.1 Å². The number of carbonyl (C=O) groups excluding carboxylic acids is 1. The van der Waals surface area contributed by atoms with Crippen LogP contribution in [0.5, 0.6) is 0 Å². The molecule has 0 aromatic rings. The minimum atomic E-state index is -5.51. The van der Waals surface area contributed by atoms with Gasteiger partial charge >= 0.3 is 27.6 Å². The van der Waals surface area contributed by atoms with Gasteiger partial charge in [0.1, 0.15) is 36.6 Å². The summed E-state index contributed by atoms with van der Waals surface area (Å²) in [6, 6.07) is 0. The molecule has 0 amide bonds. The number of ether oxygens (including phenoxy) is 1. The maximum Gasteiger partial charge on any atom is 0.473 e. The Morgan fingerprint density at radius 3 is 1.97 bits per heavy atom. The minimum Gasteiger partial charge on any atom is -0.479 e. The number of phosphoric ester groups is 2. The highest BCUT2D eigenvalue weighted by atomic mass is 31.2. The van der Waals surface area contributed by atoms with E-state index in [-0.39, 0.29) is 0 Å². The van der Waals surface area contributed by atoms with Crippen LogP contribution in [0.15, 0.2) is 0 Å². The number of hydrogen-bond acceptors (Lipinski definition) is 15. The zero-order valence-corrected chi connectivity index (χ0v) is 17.8. The largest absolute Gasteiger partial charge is 0.479 e. The summed E-state index contributed by atoms with van der Waals surface area (Å²) in [5, 5.41) is 75.7. The number of cyclic esters (lactones) is 1. The number of aliphatic hydroxyl groups excluding tert-OH is 7. The van der Waals surface area contributed by atoms with Crippen LogP contribution in [-0.2, 0) is 37.0 Å². The number of phosphoric acid groups is 2. The molecule has 0 aliphatic carbocycles. The Morgan fingerprint density at radius 1 is 0.939 bits per heavy atom. The van der Waals surface area contributed by atoms with Crippen molar-refractivity contribution in [1.82, 2.24) is 0 Å². The van der Waals surface area contributed by atoms with E-state index >= 15 is 0 Å². The summed E-state index contributed by atoms with van der Waals surface area (Å²) in [7, 11) is -10.9. The third kappa shape index (κ3) is 8.55. The van der Waals surface area contributed by atoms with Crippen molar-refractivity contribution >= 4 is 27.6 Å². The topological polar surface area (TPSA) is 328 Å². The van der Waals surface area contributed by atoms with Crippen LogP contribution in [0, 0.1) is 0 Å². The first-order valence-electron chi connectivity index (χ1n) is 8.47. The highest BCUT2D eigenvalue weighted by Gasteiger charge is 2.50. The van der Waals surface area contributed by atoms with E-state index in [0.717, 1.165) is 0 Å². The predicted molar refractivity (Wildman–Crippen MR) is 93.3 cm³/mol. The van der Waals surface area contributed by atoms with Crippen LogP contribution in [0.1, 0.15) is 0 Å². The Morgan fingerprint density at radius 2 is 1.48 bits per heavy atom. The monoisotopic (exact) mass is 532 g/mol. The first kappa shape index (κ1) is 29.9. The van der Waals surface area contributed by atoms with Gasteiger partial charge < -0.3 is 60.3 Å². The van der Waals surface area contributed by atoms with Gasteiger partial charge in [-0.3, -0.25) is 9.05 Å². The molecular weight excluding hydrogens is 510 g/mol. The van der Waals surface area contributed by atoms with Crippen molar-refractivity contribution in [1.29, 1.82) is 0 Å². The molecule has 0 saturated carbocycles. The number of carboxylic acid groups (broad SMARTS) is 1. The summed E-state index contributed by atoms with van der Waals surface area (Å²) in [4.78, 5) is 49.7.